The fourth-order valence-electron chi connectivity index (χ4n) is 1.95. The SMILES string of the molecule is CCCCc1noc(CS(=O)(=O)CC(=O)Nc2ccc(Cl)cc2)n1. The number of aryl methyl sites for hydroxylation is 1. The number of rotatable bonds is 8. The molecule has 0 saturated heterocycles. The van der Waals surface area contributed by atoms with Gasteiger partial charge in [-0.15, -0.1) is 0 Å². The maximum Gasteiger partial charge on any atom is 0.241 e. The molecule has 0 bridgehead atoms. The summed E-state index contributed by atoms with van der Waals surface area (Å²) >= 11 is 5.75. The van der Waals surface area contributed by atoms with E-state index in [1.807, 2.05) is 6.92 Å². The molecule has 0 saturated carbocycles. The van der Waals surface area contributed by atoms with Gasteiger partial charge in [0.1, 0.15) is 11.5 Å². The number of aromatic nitrogens is 2. The van der Waals surface area contributed by atoms with Crippen molar-refractivity contribution < 1.29 is 17.7 Å². The molecule has 2 aromatic rings. The van der Waals surface area contributed by atoms with Crippen molar-refractivity contribution in [3.63, 3.8) is 0 Å². The molecule has 130 valence electrons. The van der Waals surface area contributed by atoms with Gasteiger partial charge in [-0.2, -0.15) is 4.98 Å². The monoisotopic (exact) mass is 371 g/mol. The van der Waals surface area contributed by atoms with E-state index in [1.165, 1.54) is 0 Å². The van der Waals surface area contributed by atoms with Crippen LogP contribution in [0.1, 0.15) is 31.5 Å². The van der Waals surface area contributed by atoms with Crippen molar-refractivity contribution in [2.75, 3.05) is 11.1 Å². The van der Waals surface area contributed by atoms with Gasteiger partial charge in [-0.05, 0) is 30.7 Å². The summed E-state index contributed by atoms with van der Waals surface area (Å²) in [6.45, 7) is 2.03. The summed E-state index contributed by atoms with van der Waals surface area (Å²) in [5, 5.41) is 6.75. The number of nitrogens with zero attached hydrogens (tertiary/aromatic N) is 2. The zero-order chi connectivity index (χ0) is 17.6. The molecule has 9 heteroatoms. The average Bonchev–Trinajstić information content (AvgIpc) is 2.93. The maximum absolute atomic E-state index is 12.1. The van der Waals surface area contributed by atoms with Crippen LogP contribution in [0, 0.1) is 0 Å². The minimum Gasteiger partial charge on any atom is -0.338 e. The first-order chi connectivity index (χ1) is 11.4. The zero-order valence-corrected chi connectivity index (χ0v) is 14.7. The van der Waals surface area contributed by atoms with E-state index in [0.717, 1.165) is 12.8 Å². The second kappa shape index (κ2) is 8.25. The minimum atomic E-state index is -3.70. The smallest absolute Gasteiger partial charge is 0.241 e. The first kappa shape index (κ1) is 18.4. The molecular weight excluding hydrogens is 354 g/mol. The lowest BCUT2D eigenvalue weighted by molar-refractivity contribution is -0.113. The van der Waals surface area contributed by atoms with Gasteiger partial charge in [-0.3, -0.25) is 4.79 Å². The number of unbranched alkanes of at least 4 members (excludes halogenated alkanes) is 1. The Bertz CT molecular complexity index is 787. The van der Waals surface area contributed by atoms with Gasteiger partial charge in [0.25, 0.3) is 0 Å². The van der Waals surface area contributed by atoms with Crippen LogP contribution in [0.5, 0.6) is 0 Å². The Morgan fingerprint density at radius 2 is 2.00 bits per heavy atom. The van der Waals surface area contributed by atoms with Crippen LogP contribution in [0.15, 0.2) is 28.8 Å². The molecule has 1 amide bonds. The van der Waals surface area contributed by atoms with E-state index in [0.29, 0.717) is 23.0 Å². The maximum atomic E-state index is 12.1. The fraction of sp³-hybridized carbons (Fsp3) is 0.400. The third kappa shape index (κ3) is 5.93. The third-order valence-corrected chi connectivity index (χ3v) is 4.73. The number of carbonyl (C=O) groups excluding carboxylic acids is 1. The van der Waals surface area contributed by atoms with Gasteiger partial charge in [0.15, 0.2) is 15.7 Å². The van der Waals surface area contributed by atoms with E-state index in [4.69, 9.17) is 16.1 Å². The number of hydrogen-bond acceptors (Lipinski definition) is 6. The van der Waals surface area contributed by atoms with Crippen molar-refractivity contribution in [1.29, 1.82) is 0 Å². The summed E-state index contributed by atoms with van der Waals surface area (Å²) in [7, 11) is -3.70. The Labute approximate surface area is 145 Å². The van der Waals surface area contributed by atoms with E-state index in [-0.39, 0.29) is 5.89 Å². The molecule has 0 atom stereocenters. The first-order valence-electron chi connectivity index (χ1n) is 7.45. The molecular formula is C15H18ClN3O4S. The van der Waals surface area contributed by atoms with Crippen LogP contribution in [-0.2, 0) is 26.8 Å². The van der Waals surface area contributed by atoms with Crippen LogP contribution in [0.4, 0.5) is 5.69 Å². The molecule has 0 fully saturated rings. The highest BCUT2D eigenvalue weighted by molar-refractivity contribution is 7.91. The van der Waals surface area contributed by atoms with Crippen LogP contribution in [-0.4, -0.2) is 30.2 Å². The number of sulfone groups is 1. The number of nitrogens with one attached hydrogen (secondary N) is 1. The van der Waals surface area contributed by atoms with E-state index < -0.39 is 27.3 Å². The summed E-state index contributed by atoms with van der Waals surface area (Å²) in [4.78, 5) is 15.9. The number of carbonyl (C=O) groups is 1. The molecule has 0 unspecified atom stereocenters. The molecule has 1 aromatic heterocycles. The highest BCUT2D eigenvalue weighted by Gasteiger charge is 2.21. The van der Waals surface area contributed by atoms with Crippen molar-refractivity contribution in [2.24, 2.45) is 0 Å². The van der Waals surface area contributed by atoms with Gasteiger partial charge in [-0.25, -0.2) is 8.42 Å². The average molecular weight is 372 g/mol. The van der Waals surface area contributed by atoms with Gasteiger partial charge in [0.2, 0.25) is 11.8 Å². The van der Waals surface area contributed by atoms with Crippen LogP contribution in [0.3, 0.4) is 0 Å². The molecule has 1 aromatic carbocycles. The molecule has 0 aliphatic heterocycles. The largest absolute Gasteiger partial charge is 0.338 e. The highest BCUT2D eigenvalue weighted by Crippen LogP contribution is 2.14. The van der Waals surface area contributed by atoms with Crippen LogP contribution >= 0.6 is 11.6 Å². The summed E-state index contributed by atoms with van der Waals surface area (Å²) in [6.07, 6.45) is 2.51. The number of amides is 1. The van der Waals surface area contributed by atoms with Gasteiger partial charge in [-0.1, -0.05) is 30.1 Å². The molecule has 0 aliphatic carbocycles. The molecule has 7 nitrogen and oxygen atoms in total. The number of hydrogen-bond donors (Lipinski definition) is 1. The lowest BCUT2D eigenvalue weighted by Gasteiger charge is -2.05. The first-order valence-corrected chi connectivity index (χ1v) is 9.65. The lowest BCUT2D eigenvalue weighted by atomic mass is 10.2. The van der Waals surface area contributed by atoms with Gasteiger partial charge in [0, 0.05) is 17.1 Å². The quantitative estimate of drug-likeness (QED) is 0.765. The predicted molar refractivity (Wildman–Crippen MR) is 90.5 cm³/mol. The summed E-state index contributed by atoms with van der Waals surface area (Å²) < 4.78 is 29.1. The van der Waals surface area contributed by atoms with E-state index in [9.17, 15) is 13.2 Å². The Kier molecular flexibility index (Phi) is 6.33. The van der Waals surface area contributed by atoms with Gasteiger partial charge >= 0.3 is 0 Å². The second-order valence-electron chi connectivity index (χ2n) is 5.30. The van der Waals surface area contributed by atoms with E-state index in [2.05, 4.69) is 15.5 Å². The second-order valence-corrected chi connectivity index (χ2v) is 7.80. The number of benzene rings is 1. The molecule has 2 rings (SSSR count). The zero-order valence-electron chi connectivity index (χ0n) is 13.2. The van der Waals surface area contributed by atoms with Crippen LogP contribution in [0.25, 0.3) is 0 Å². The number of halogens is 1. The van der Waals surface area contributed by atoms with Crippen molar-refractivity contribution in [1.82, 2.24) is 10.1 Å². The van der Waals surface area contributed by atoms with Crippen molar-refractivity contribution in [3.05, 3.63) is 41.0 Å². The Morgan fingerprint density at radius 3 is 2.67 bits per heavy atom. The molecule has 0 aliphatic rings. The van der Waals surface area contributed by atoms with Crippen molar-refractivity contribution in [2.45, 2.75) is 31.9 Å². The van der Waals surface area contributed by atoms with E-state index in [1.54, 1.807) is 24.3 Å². The summed E-state index contributed by atoms with van der Waals surface area (Å²) in [5.41, 5.74) is 0.472. The standard InChI is InChI=1S/C15H18ClN3O4S/c1-2-3-4-13-18-15(23-19-13)10-24(21,22)9-14(20)17-12-7-5-11(16)6-8-12/h5-8H,2-4,9-10H2,1H3,(H,17,20). The molecule has 1 N–H and O–H groups in total. The van der Waals surface area contributed by atoms with Gasteiger partial charge < -0.3 is 9.84 Å². The summed E-state index contributed by atoms with van der Waals surface area (Å²) in [6, 6.07) is 6.37. The van der Waals surface area contributed by atoms with Gasteiger partial charge in [0.05, 0.1) is 0 Å². The Morgan fingerprint density at radius 1 is 1.29 bits per heavy atom. The topological polar surface area (TPSA) is 102 Å². The fourth-order valence-corrected chi connectivity index (χ4v) is 3.15. The molecule has 0 spiro atoms. The Balaban J connectivity index is 1.91. The molecule has 24 heavy (non-hydrogen) atoms. The van der Waals surface area contributed by atoms with Crippen molar-refractivity contribution in [3.8, 4) is 0 Å². The third-order valence-electron chi connectivity index (χ3n) is 3.09. The minimum absolute atomic E-state index is 0.000367. The lowest BCUT2D eigenvalue weighted by Crippen LogP contribution is -2.24. The molecule has 0 radical (unpaired) electrons. The summed E-state index contributed by atoms with van der Waals surface area (Å²) in [5.74, 6) is -1.28. The van der Waals surface area contributed by atoms with Crippen molar-refractivity contribution >= 4 is 33.0 Å². The van der Waals surface area contributed by atoms with E-state index >= 15 is 0 Å². The van der Waals surface area contributed by atoms with Crippen LogP contribution < -0.4 is 5.32 Å². The molecule has 1 heterocycles. The Hall–Kier alpha value is -1.93. The predicted octanol–water partition coefficient (Wildman–Crippen LogP) is 2.62. The number of anilines is 1. The highest BCUT2D eigenvalue weighted by atomic mass is 35.5. The van der Waals surface area contributed by atoms with Crippen LogP contribution in [0.2, 0.25) is 5.02 Å². The normalized spacial score (nSPS) is 11.4.